The van der Waals surface area contributed by atoms with Gasteiger partial charge in [-0.25, -0.2) is 0 Å². The van der Waals surface area contributed by atoms with Crippen LogP contribution in [0, 0.1) is 19.8 Å². The molecule has 2 aromatic rings. The topological polar surface area (TPSA) is 23.6 Å². The van der Waals surface area contributed by atoms with Gasteiger partial charge in [0, 0.05) is 35.9 Å². The van der Waals surface area contributed by atoms with Crippen molar-refractivity contribution < 1.29 is 4.79 Å². The maximum absolute atomic E-state index is 13.1. The highest BCUT2D eigenvalue weighted by molar-refractivity contribution is 6.35. The van der Waals surface area contributed by atoms with E-state index in [1.807, 2.05) is 25.2 Å². The first-order valence-corrected chi connectivity index (χ1v) is 10.1. The average Bonchev–Trinajstić information content (AvgIpc) is 2.65. The Hall–Kier alpha value is -1.55. The molecule has 3 rings (SSSR count). The van der Waals surface area contributed by atoms with Crippen molar-refractivity contribution in [3.8, 4) is 0 Å². The minimum absolute atomic E-state index is 0.0106. The lowest BCUT2D eigenvalue weighted by Gasteiger charge is -2.34. The van der Waals surface area contributed by atoms with Crippen LogP contribution in [0.4, 0.5) is 5.69 Å². The van der Waals surface area contributed by atoms with Crippen molar-refractivity contribution in [3.05, 3.63) is 63.1 Å². The van der Waals surface area contributed by atoms with Crippen molar-refractivity contribution in [2.45, 2.75) is 33.2 Å². The second kappa shape index (κ2) is 8.64. The summed E-state index contributed by atoms with van der Waals surface area (Å²) in [5.41, 5.74) is 4.45. The van der Waals surface area contributed by atoms with E-state index in [9.17, 15) is 4.79 Å². The molecule has 0 aromatic heterocycles. The Labute approximate surface area is 171 Å². The van der Waals surface area contributed by atoms with E-state index in [1.165, 1.54) is 11.1 Å². The van der Waals surface area contributed by atoms with Crippen LogP contribution >= 0.6 is 23.2 Å². The summed E-state index contributed by atoms with van der Waals surface area (Å²) in [6.45, 7) is 6.65. The predicted molar refractivity (Wildman–Crippen MR) is 114 cm³/mol. The average molecular weight is 405 g/mol. The third-order valence-electron chi connectivity index (χ3n) is 5.47. The first-order chi connectivity index (χ1) is 12.8. The molecule has 0 radical (unpaired) electrons. The van der Waals surface area contributed by atoms with E-state index in [-0.39, 0.29) is 11.8 Å². The van der Waals surface area contributed by atoms with E-state index in [4.69, 9.17) is 23.2 Å². The Morgan fingerprint density at radius 1 is 1.15 bits per heavy atom. The van der Waals surface area contributed by atoms with Crippen LogP contribution in [0.25, 0.3) is 0 Å². The fourth-order valence-electron chi connectivity index (χ4n) is 3.63. The van der Waals surface area contributed by atoms with Gasteiger partial charge >= 0.3 is 0 Å². The summed E-state index contributed by atoms with van der Waals surface area (Å²) >= 11 is 12.3. The van der Waals surface area contributed by atoms with Crippen LogP contribution in [0.1, 0.15) is 29.5 Å². The molecule has 1 saturated heterocycles. The lowest BCUT2D eigenvalue weighted by molar-refractivity contribution is -0.123. The normalized spacial score (nSPS) is 17.7. The van der Waals surface area contributed by atoms with Crippen molar-refractivity contribution in [2.24, 2.45) is 5.92 Å². The predicted octanol–water partition coefficient (Wildman–Crippen LogP) is 5.49. The number of likely N-dealkylation sites (tertiary alicyclic amines) is 1. The highest BCUT2D eigenvalue weighted by Gasteiger charge is 2.28. The third kappa shape index (κ3) is 4.84. The van der Waals surface area contributed by atoms with E-state index in [2.05, 4.69) is 30.9 Å². The largest absolute Gasteiger partial charge is 0.315 e. The molecule has 3 nitrogen and oxygen atoms in total. The summed E-state index contributed by atoms with van der Waals surface area (Å²) < 4.78 is 0. The summed E-state index contributed by atoms with van der Waals surface area (Å²) in [6.07, 6.45) is 1.95. The summed E-state index contributed by atoms with van der Waals surface area (Å²) in [5.74, 6) is 0.196. The smallest absolute Gasteiger partial charge is 0.231 e. The summed E-state index contributed by atoms with van der Waals surface area (Å²) in [4.78, 5) is 17.2. The van der Waals surface area contributed by atoms with E-state index in [0.29, 0.717) is 10.0 Å². The molecule has 144 valence electrons. The molecule has 1 aliphatic heterocycles. The minimum Gasteiger partial charge on any atom is -0.315 e. The zero-order valence-electron chi connectivity index (χ0n) is 16.1. The van der Waals surface area contributed by atoms with E-state index >= 15 is 0 Å². The summed E-state index contributed by atoms with van der Waals surface area (Å²) in [6, 6.07) is 11.8. The van der Waals surface area contributed by atoms with Crippen LogP contribution in [0.3, 0.4) is 0 Å². The van der Waals surface area contributed by atoms with Crippen LogP contribution in [0.5, 0.6) is 0 Å². The zero-order chi connectivity index (χ0) is 19.6. The fourth-order valence-corrected chi connectivity index (χ4v) is 4.10. The Kier molecular flexibility index (Phi) is 6.46. The number of anilines is 1. The van der Waals surface area contributed by atoms with Crippen LogP contribution in [0.2, 0.25) is 10.0 Å². The highest BCUT2D eigenvalue weighted by Crippen LogP contribution is 2.27. The van der Waals surface area contributed by atoms with Gasteiger partial charge < -0.3 is 4.90 Å². The molecule has 27 heavy (non-hydrogen) atoms. The van der Waals surface area contributed by atoms with Crippen LogP contribution < -0.4 is 4.90 Å². The van der Waals surface area contributed by atoms with Crippen molar-refractivity contribution in [1.82, 2.24) is 4.90 Å². The summed E-state index contributed by atoms with van der Waals surface area (Å²) in [7, 11) is 1.88. The molecule has 1 amide bonds. The maximum atomic E-state index is 13.1. The highest BCUT2D eigenvalue weighted by atomic mass is 35.5. The molecule has 0 unspecified atom stereocenters. The SMILES string of the molecule is Cc1ccc(N(C)C(=O)[C@H]2CCCN(Cc3ccc(Cl)cc3Cl)C2)cc1C. The third-order valence-corrected chi connectivity index (χ3v) is 6.06. The lowest BCUT2D eigenvalue weighted by atomic mass is 9.95. The number of rotatable bonds is 4. The first kappa shape index (κ1) is 20.2. The van der Waals surface area contributed by atoms with Gasteiger partial charge in [-0.05, 0) is 74.2 Å². The Morgan fingerprint density at radius 3 is 2.63 bits per heavy atom. The van der Waals surface area contributed by atoms with Gasteiger partial charge in [-0.3, -0.25) is 9.69 Å². The molecule has 0 saturated carbocycles. The van der Waals surface area contributed by atoms with Gasteiger partial charge in [0.15, 0.2) is 0 Å². The van der Waals surface area contributed by atoms with Gasteiger partial charge in [0.2, 0.25) is 5.91 Å². The Bertz CT molecular complexity index is 837. The van der Waals surface area contributed by atoms with Gasteiger partial charge in [-0.1, -0.05) is 35.3 Å². The Morgan fingerprint density at radius 2 is 1.93 bits per heavy atom. The molecule has 1 heterocycles. The molecule has 0 spiro atoms. The number of hydrogen-bond acceptors (Lipinski definition) is 2. The van der Waals surface area contributed by atoms with E-state index in [1.54, 1.807) is 11.0 Å². The van der Waals surface area contributed by atoms with E-state index < -0.39 is 0 Å². The van der Waals surface area contributed by atoms with Crippen LogP contribution in [-0.2, 0) is 11.3 Å². The van der Waals surface area contributed by atoms with Gasteiger partial charge in [0.05, 0.1) is 5.92 Å². The number of piperidine rings is 1. The number of benzene rings is 2. The number of carbonyl (C=O) groups is 1. The lowest BCUT2D eigenvalue weighted by Crippen LogP contribution is -2.43. The molecule has 0 bridgehead atoms. The second-order valence-corrected chi connectivity index (χ2v) is 8.32. The van der Waals surface area contributed by atoms with Crippen molar-refractivity contribution in [1.29, 1.82) is 0 Å². The summed E-state index contributed by atoms with van der Waals surface area (Å²) in [5, 5.41) is 1.33. The van der Waals surface area contributed by atoms with Gasteiger partial charge in [0.1, 0.15) is 0 Å². The number of aryl methyl sites for hydroxylation is 2. The Balaban J connectivity index is 1.67. The van der Waals surface area contributed by atoms with Crippen LogP contribution in [0.15, 0.2) is 36.4 Å². The number of amides is 1. The van der Waals surface area contributed by atoms with Crippen LogP contribution in [-0.4, -0.2) is 30.9 Å². The molecule has 0 N–H and O–H groups in total. The molecule has 5 heteroatoms. The molecule has 2 aromatic carbocycles. The monoisotopic (exact) mass is 404 g/mol. The van der Waals surface area contributed by atoms with Gasteiger partial charge in [0.25, 0.3) is 0 Å². The second-order valence-electron chi connectivity index (χ2n) is 7.48. The molecular weight excluding hydrogens is 379 g/mol. The van der Waals surface area contributed by atoms with E-state index in [0.717, 1.165) is 43.7 Å². The fraction of sp³-hybridized carbons (Fsp3) is 0.409. The number of hydrogen-bond donors (Lipinski definition) is 0. The molecule has 1 aliphatic rings. The van der Waals surface area contributed by atoms with Gasteiger partial charge in [-0.2, -0.15) is 0 Å². The molecule has 1 fully saturated rings. The zero-order valence-corrected chi connectivity index (χ0v) is 17.6. The van der Waals surface area contributed by atoms with Crippen molar-refractivity contribution >= 4 is 34.8 Å². The standard InChI is InChI=1S/C22H26Cl2N2O/c1-15-6-9-20(11-16(15)2)25(3)22(27)18-5-4-10-26(14-18)13-17-7-8-19(23)12-21(17)24/h6-9,11-12,18H,4-5,10,13-14H2,1-3H3/t18-/m0/s1. The first-order valence-electron chi connectivity index (χ1n) is 9.36. The van der Waals surface area contributed by atoms with Gasteiger partial charge in [-0.15, -0.1) is 0 Å². The maximum Gasteiger partial charge on any atom is 0.231 e. The molecular formula is C22H26Cl2N2O. The molecule has 1 atom stereocenters. The number of nitrogens with zero attached hydrogens (tertiary/aromatic N) is 2. The minimum atomic E-state index is 0.0106. The quantitative estimate of drug-likeness (QED) is 0.672. The number of halogens is 2. The number of carbonyl (C=O) groups excluding carboxylic acids is 1. The van der Waals surface area contributed by atoms with Crippen molar-refractivity contribution in [2.75, 3.05) is 25.0 Å². The van der Waals surface area contributed by atoms with Crippen molar-refractivity contribution in [3.63, 3.8) is 0 Å². The molecule has 0 aliphatic carbocycles.